The van der Waals surface area contributed by atoms with Crippen LogP contribution in [0.15, 0.2) is 0 Å². The van der Waals surface area contributed by atoms with Gasteiger partial charge in [-0.15, -0.1) is 12.4 Å². The van der Waals surface area contributed by atoms with Gasteiger partial charge in [0.05, 0.1) is 6.61 Å². The molecule has 10 heteroatoms. The highest BCUT2D eigenvalue weighted by Gasteiger charge is 2.45. The second kappa shape index (κ2) is 9.86. The van der Waals surface area contributed by atoms with Gasteiger partial charge in [-0.2, -0.15) is 13.2 Å². The Balaban J connectivity index is 0.00000441. The minimum Gasteiger partial charge on any atom is -0.383 e. The zero-order valence-corrected chi connectivity index (χ0v) is 13.0. The molecule has 0 aliphatic carbocycles. The lowest BCUT2D eigenvalue weighted by molar-refractivity contribution is -0.171. The second-order valence-corrected chi connectivity index (χ2v) is 4.77. The molecule has 0 saturated carbocycles. The Morgan fingerprint density at radius 2 is 2.00 bits per heavy atom. The molecule has 0 aromatic carbocycles. The van der Waals surface area contributed by atoms with Gasteiger partial charge in [-0.05, 0) is 12.8 Å². The molecule has 0 aromatic rings. The third-order valence-electron chi connectivity index (χ3n) is 3.17. The lowest BCUT2D eigenvalue weighted by atomic mass is 9.93. The fourth-order valence-electron chi connectivity index (χ4n) is 2.00. The number of hydrogen-bond acceptors (Lipinski definition) is 4. The van der Waals surface area contributed by atoms with Crippen molar-refractivity contribution in [3.8, 4) is 0 Å². The zero-order chi connectivity index (χ0) is 15.9. The Kier molecular flexibility index (Phi) is 9.38. The van der Waals surface area contributed by atoms with Gasteiger partial charge in [-0.1, -0.05) is 0 Å². The number of methoxy groups -OCH3 is 1. The van der Waals surface area contributed by atoms with Crippen LogP contribution in [0.2, 0.25) is 0 Å². The van der Waals surface area contributed by atoms with Crippen molar-refractivity contribution in [2.45, 2.75) is 25.1 Å². The predicted octanol–water partition coefficient (Wildman–Crippen LogP) is 0.218. The summed E-state index contributed by atoms with van der Waals surface area (Å²) in [5.74, 6) is -2.46. The van der Waals surface area contributed by atoms with E-state index in [1.54, 1.807) is 7.11 Å². The predicted molar refractivity (Wildman–Crippen MR) is 75.7 cm³/mol. The molecular formula is C12H21ClF3N3O3. The van der Waals surface area contributed by atoms with Crippen molar-refractivity contribution in [3.63, 3.8) is 0 Å². The van der Waals surface area contributed by atoms with Gasteiger partial charge in [0.1, 0.15) is 12.0 Å². The molecule has 1 fully saturated rings. The van der Waals surface area contributed by atoms with E-state index in [0.29, 0.717) is 26.2 Å². The highest BCUT2D eigenvalue weighted by atomic mass is 35.5. The summed E-state index contributed by atoms with van der Waals surface area (Å²) in [6.07, 6.45) is -4.85. The quantitative estimate of drug-likeness (QED) is 0.454. The molecule has 0 bridgehead atoms. The number of ether oxygens (including phenoxy) is 1. The van der Waals surface area contributed by atoms with Crippen molar-refractivity contribution in [1.29, 1.82) is 0 Å². The van der Waals surface area contributed by atoms with E-state index in [1.807, 2.05) is 5.32 Å². The summed E-state index contributed by atoms with van der Waals surface area (Å²) >= 11 is 0. The lowest BCUT2D eigenvalue weighted by Gasteiger charge is -2.29. The average molecular weight is 348 g/mol. The molecule has 1 rings (SSSR count). The highest BCUT2D eigenvalue weighted by Crippen LogP contribution is 2.28. The van der Waals surface area contributed by atoms with Gasteiger partial charge in [0.15, 0.2) is 0 Å². The van der Waals surface area contributed by atoms with Gasteiger partial charge in [0, 0.05) is 26.7 Å². The largest absolute Gasteiger partial charge is 0.408 e. The molecule has 0 spiro atoms. The SMILES string of the molecule is COCCNCCNC(=O)C1CCC(C(F)(F)F)NC1=O.Cl. The molecule has 2 unspecified atom stereocenters. The minimum absolute atomic E-state index is 0. The van der Waals surface area contributed by atoms with E-state index in [0.717, 1.165) is 0 Å². The molecule has 1 saturated heterocycles. The van der Waals surface area contributed by atoms with Crippen LogP contribution in [0.1, 0.15) is 12.8 Å². The molecule has 1 aliphatic rings. The van der Waals surface area contributed by atoms with Crippen molar-refractivity contribution in [3.05, 3.63) is 0 Å². The summed E-state index contributed by atoms with van der Waals surface area (Å²) in [4.78, 5) is 23.3. The van der Waals surface area contributed by atoms with Crippen molar-refractivity contribution < 1.29 is 27.5 Å². The number of rotatable bonds is 7. The number of amides is 2. The third-order valence-corrected chi connectivity index (χ3v) is 3.17. The van der Waals surface area contributed by atoms with Crippen LogP contribution in [0.5, 0.6) is 0 Å². The van der Waals surface area contributed by atoms with Crippen molar-refractivity contribution in [2.75, 3.05) is 33.4 Å². The number of carbonyl (C=O) groups excluding carboxylic acids is 2. The maximum atomic E-state index is 12.5. The van der Waals surface area contributed by atoms with Crippen LogP contribution in [0.3, 0.4) is 0 Å². The molecule has 2 amide bonds. The van der Waals surface area contributed by atoms with Gasteiger partial charge in [-0.25, -0.2) is 0 Å². The maximum absolute atomic E-state index is 12.5. The van der Waals surface area contributed by atoms with Gasteiger partial charge < -0.3 is 20.7 Å². The normalized spacial score (nSPS) is 21.7. The standard InChI is InChI=1S/C12H20F3N3O3.ClH/c1-21-7-6-16-4-5-17-10(19)8-2-3-9(12(13,14)15)18-11(8)20;/h8-9,16H,2-7H2,1H3,(H,17,19)(H,18,20);1H. The number of hydrogen-bond donors (Lipinski definition) is 3. The third kappa shape index (κ3) is 6.80. The van der Waals surface area contributed by atoms with Crippen LogP contribution in [-0.2, 0) is 14.3 Å². The van der Waals surface area contributed by atoms with E-state index >= 15 is 0 Å². The van der Waals surface area contributed by atoms with E-state index in [4.69, 9.17) is 4.74 Å². The Bertz CT molecular complexity index is 369. The Labute approximate surface area is 132 Å². The van der Waals surface area contributed by atoms with Crippen molar-refractivity contribution >= 4 is 24.2 Å². The fraction of sp³-hybridized carbons (Fsp3) is 0.833. The first-order chi connectivity index (χ1) is 9.86. The first-order valence-corrected chi connectivity index (χ1v) is 6.70. The van der Waals surface area contributed by atoms with Crippen molar-refractivity contribution in [2.24, 2.45) is 5.92 Å². The summed E-state index contributed by atoms with van der Waals surface area (Å²) in [5, 5.41) is 7.37. The topological polar surface area (TPSA) is 79.5 Å². The Morgan fingerprint density at radius 3 is 2.55 bits per heavy atom. The molecule has 130 valence electrons. The molecule has 0 radical (unpaired) electrons. The first-order valence-electron chi connectivity index (χ1n) is 6.70. The number of nitrogens with one attached hydrogen (secondary N) is 3. The first kappa shape index (κ1) is 20.9. The van der Waals surface area contributed by atoms with Gasteiger partial charge in [0.2, 0.25) is 11.8 Å². The van der Waals surface area contributed by atoms with E-state index in [1.165, 1.54) is 0 Å². The highest BCUT2D eigenvalue weighted by molar-refractivity contribution is 6.00. The molecule has 22 heavy (non-hydrogen) atoms. The summed E-state index contributed by atoms with van der Waals surface area (Å²) in [7, 11) is 1.57. The lowest BCUT2D eigenvalue weighted by Crippen LogP contribution is -2.54. The van der Waals surface area contributed by atoms with Gasteiger partial charge in [0.25, 0.3) is 0 Å². The molecule has 6 nitrogen and oxygen atoms in total. The van der Waals surface area contributed by atoms with E-state index < -0.39 is 30.0 Å². The average Bonchev–Trinajstić information content (AvgIpc) is 2.41. The number of piperidine rings is 1. The molecule has 0 aromatic heterocycles. The zero-order valence-electron chi connectivity index (χ0n) is 12.2. The second-order valence-electron chi connectivity index (χ2n) is 4.77. The monoisotopic (exact) mass is 347 g/mol. The van der Waals surface area contributed by atoms with E-state index in [-0.39, 0.29) is 25.2 Å². The maximum Gasteiger partial charge on any atom is 0.408 e. The smallest absolute Gasteiger partial charge is 0.383 e. The van der Waals surface area contributed by atoms with E-state index in [2.05, 4.69) is 10.6 Å². The van der Waals surface area contributed by atoms with E-state index in [9.17, 15) is 22.8 Å². The summed E-state index contributed by atoms with van der Waals surface area (Å²) in [6, 6.07) is -1.86. The number of carbonyl (C=O) groups is 2. The van der Waals surface area contributed by atoms with Gasteiger partial charge >= 0.3 is 6.18 Å². The number of halogens is 4. The molecule has 1 aliphatic heterocycles. The molecule has 3 N–H and O–H groups in total. The summed E-state index contributed by atoms with van der Waals surface area (Å²) in [6.45, 7) is 1.96. The Morgan fingerprint density at radius 1 is 1.32 bits per heavy atom. The molecule has 1 heterocycles. The summed E-state index contributed by atoms with van der Waals surface area (Å²) in [5.41, 5.74) is 0. The van der Waals surface area contributed by atoms with Crippen LogP contribution >= 0.6 is 12.4 Å². The van der Waals surface area contributed by atoms with Gasteiger partial charge in [-0.3, -0.25) is 9.59 Å². The fourth-order valence-corrected chi connectivity index (χ4v) is 2.00. The van der Waals surface area contributed by atoms with Crippen molar-refractivity contribution in [1.82, 2.24) is 16.0 Å². The van der Waals surface area contributed by atoms with Crippen LogP contribution in [-0.4, -0.2) is 57.4 Å². The Hall–Kier alpha value is -1.06. The van der Waals surface area contributed by atoms with Crippen LogP contribution in [0.25, 0.3) is 0 Å². The molecule has 2 atom stereocenters. The van der Waals surface area contributed by atoms with Crippen LogP contribution in [0.4, 0.5) is 13.2 Å². The van der Waals surface area contributed by atoms with Crippen LogP contribution in [0, 0.1) is 5.92 Å². The molecular weight excluding hydrogens is 327 g/mol. The van der Waals surface area contributed by atoms with Crippen LogP contribution < -0.4 is 16.0 Å². The summed E-state index contributed by atoms with van der Waals surface area (Å²) < 4.78 is 42.2. The number of alkyl halides is 3. The minimum atomic E-state index is -4.47.